The van der Waals surface area contributed by atoms with Crippen molar-refractivity contribution >= 4 is 0 Å². The molecule has 2 aliphatic carbocycles. The summed E-state index contributed by atoms with van der Waals surface area (Å²) in [4.78, 5) is 0. The van der Waals surface area contributed by atoms with Crippen molar-refractivity contribution in [1.29, 1.82) is 0 Å². The lowest BCUT2D eigenvalue weighted by molar-refractivity contribution is 0.178. The molecule has 1 aromatic carbocycles. The van der Waals surface area contributed by atoms with E-state index in [0.29, 0.717) is 18.6 Å². The Hall–Kier alpha value is -1.58. The molecule has 1 fully saturated rings. The minimum absolute atomic E-state index is 0.0127. The topological polar surface area (TPSA) is 18.5 Å². The van der Waals surface area contributed by atoms with Gasteiger partial charge in [-0.25, -0.2) is 0 Å². The van der Waals surface area contributed by atoms with Crippen LogP contribution >= 0.6 is 0 Å². The summed E-state index contributed by atoms with van der Waals surface area (Å²) in [5.74, 6) is 0.767. The van der Waals surface area contributed by atoms with Crippen molar-refractivity contribution in [3.63, 3.8) is 0 Å². The van der Waals surface area contributed by atoms with Gasteiger partial charge in [-0.2, -0.15) is 8.78 Å². The lowest BCUT2D eigenvalue weighted by Gasteiger charge is -2.34. The molecule has 2 nitrogen and oxygen atoms in total. The first-order valence-corrected chi connectivity index (χ1v) is 11.0. The summed E-state index contributed by atoms with van der Waals surface area (Å²) >= 11 is 0. The summed E-state index contributed by atoms with van der Waals surface area (Å²) in [6.07, 6.45) is 12.5. The summed E-state index contributed by atoms with van der Waals surface area (Å²) in [5.41, 5.74) is 1.92. The van der Waals surface area contributed by atoms with Gasteiger partial charge in [0.25, 0.3) is 0 Å². The zero-order valence-corrected chi connectivity index (χ0v) is 17.1. The van der Waals surface area contributed by atoms with Crippen molar-refractivity contribution in [3.8, 4) is 11.5 Å². The third kappa shape index (κ3) is 4.21. The molecule has 0 bridgehead atoms. The van der Waals surface area contributed by atoms with E-state index in [4.69, 9.17) is 9.47 Å². The van der Waals surface area contributed by atoms with Crippen LogP contribution in [-0.4, -0.2) is 12.7 Å². The van der Waals surface area contributed by atoms with Gasteiger partial charge in [0.2, 0.25) is 11.6 Å². The Bertz CT molecular complexity index is 735. The summed E-state index contributed by atoms with van der Waals surface area (Å²) in [6, 6.07) is 1.62. The molecular weight excluding hydrogens is 358 g/mol. The van der Waals surface area contributed by atoms with Crippen LogP contribution < -0.4 is 9.47 Å². The minimum atomic E-state index is -0.932. The molecule has 1 saturated carbocycles. The highest BCUT2D eigenvalue weighted by Gasteiger charge is 2.28. The van der Waals surface area contributed by atoms with Gasteiger partial charge < -0.3 is 9.47 Å². The third-order valence-electron chi connectivity index (χ3n) is 7.03. The zero-order chi connectivity index (χ0) is 19.7. The second-order valence-corrected chi connectivity index (χ2v) is 9.16. The molecule has 2 atom stereocenters. The highest BCUT2D eigenvalue weighted by Crippen LogP contribution is 2.40. The largest absolute Gasteiger partial charge is 0.487 e. The Morgan fingerprint density at radius 2 is 1.75 bits per heavy atom. The Morgan fingerprint density at radius 1 is 0.964 bits per heavy atom. The first kappa shape index (κ1) is 19.7. The van der Waals surface area contributed by atoms with Gasteiger partial charge in [0, 0.05) is 5.56 Å². The van der Waals surface area contributed by atoms with Gasteiger partial charge in [-0.1, -0.05) is 25.8 Å². The van der Waals surface area contributed by atoms with Gasteiger partial charge in [-0.3, -0.25) is 0 Å². The fraction of sp³-hybridized carbons (Fsp3) is 0.667. The van der Waals surface area contributed by atoms with Crippen molar-refractivity contribution < 1.29 is 18.3 Å². The molecule has 0 saturated heterocycles. The first-order valence-electron chi connectivity index (χ1n) is 11.0. The molecular formula is C24H32F2O2. The number of fused-ring (bicyclic) bond motifs is 1. The number of hydrogen-bond donors (Lipinski definition) is 0. The van der Waals surface area contributed by atoms with E-state index in [2.05, 4.69) is 13.0 Å². The Labute approximate surface area is 167 Å². The highest BCUT2D eigenvalue weighted by molar-refractivity contribution is 5.44. The smallest absolute Gasteiger partial charge is 0.204 e. The maximum atomic E-state index is 14.4. The average Bonchev–Trinajstić information content (AvgIpc) is 2.71. The summed E-state index contributed by atoms with van der Waals surface area (Å²) in [5, 5.41) is 0. The Kier molecular flexibility index (Phi) is 5.93. The van der Waals surface area contributed by atoms with Crippen LogP contribution in [0.1, 0.15) is 70.8 Å². The van der Waals surface area contributed by atoms with Crippen molar-refractivity contribution in [1.82, 2.24) is 0 Å². The van der Waals surface area contributed by atoms with Crippen LogP contribution in [0.25, 0.3) is 0 Å². The molecule has 0 spiro atoms. The molecule has 0 N–H and O–H groups in total. The van der Waals surface area contributed by atoms with E-state index in [0.717, 1.165) is 37.0 Å². The van der Waals surface area contributed by atoms with Crippen LogP contribution in [0.5, 0.6) is 11.5 Å². The molecule has 154 valence electrons. The molecule has 0 radical (unpaired) electrons. The van der Waals surface area contributed by atoms with Crippen molar-refractivity contribution in [3.05, 3.63) is 34.9 Å². The number of halogens is 2. The van der Waals surface area contributed by atoms with Crippen molar-refractivity contribution in [2.75, 3.05) is 6.61 Å². The van der Waals surface area contributed by atoms with Gasteiger partial charge in [-0.15, -0.1) is 0 Å². The number of benzene rings is 1. The molecule has 28 heavy (non-hydrogen) atoms. The molecule has 1 heterocycles. The van der Waals surface area contributed by atoms with Crippen LogP contribution in [-0.2, 0) is 6.42 Å². The van der Waals surface area contributed by atoms with Crippen LogP contribution in [0, 0.1) is 29.4 Å². The number of ether oxygens (including phenoxy) is 2. The van der Waals surface area contributed by atoms with E-state index in [-0.39, 0.29) is 17.6 Å². The predicted octanol–water partition coefficient (Wildman–Crippen LogP) is 6.61. The maximum Gasteiger partial charge on any atom is 0.204 e. The lowest BCUT2D eigenvalue weighted by atomic mass is 9.72. The standard InChI is InChI=1S/C24H32F2O2/c1-15-3-8-18(9-4-15)19-11-6-17(7-12-19)14-27-21-13-20-10-5-16(2)28-24(20)23(26)22(21)25/h6,13,15-16,18-19H,3-5,7-12,14H2,1-2H3. The van der Waals surface area contributed by atoms with E-state index in [9.17, 15) is 8.78 Å². The van der Waals surface area contributed by atoms with Crippen molar-refractivity contribution in [2.24, 2.45) is 17.8 Å². The van der Waals surface area contributed by atoms with E-state index >= 15 is 0 Å². The zero-order valence-electron chi connectivity index (χ0n) is 17.1. The third-order valence-corrected chi connectivity index (χ3v) is 7.03. The molecule has 1 aliphatic heterocycles. The lowest BCUT2D eigenvalue weighted by Crippen LogP contribution is -2.23. The number of aryl methyl sites for hydroxylation is 1. The monoisotopic (exact) mass is 390 g/mol. The molecule has 2 unspecified atom stereocenters. The first-order chi connectivity index (χ1) is 13.5. The molecule has 0 amide bonds. The van der Waals surface area contributed by atoms with Crippen LogP contribution in [0.15, 0.2) is 17.7 Å². The molecule has 4 rings (SSSR count). The van der Waals surface area contributed by atoms with E-state index in [1.165, 1.54) is 37.7 Å². The fourth-order valence-electron chi connectivity index (χ4n) is 5.07. The predicted molar refractivity (Wildman–Crippen MR) is 107 cm³/mol. The number of hydrogen-bond acceptors (Lipinski definition) is 2. The van der Waals surface area contributed by atoms with Gasteiger partial charge >= 0.3 is 0 Å². The van der Waals surface area contributed by atoms with Gasteiger partial charge in [-0.05, 0) is 81.3 Å². The van der Waals surface area contributed by atoms with E-state index < -0.39 is 11.6 Å². The molecule has 3 aliphatic rings. The van der Waals surface area contributed by atoms with Gasteiger partial charge in [0.1, 0.15) is 6.61 Å². The maximum absolute atomic E-state index is 14.4. The summed E-state index contributed by atoms with van der Waals surface area (Å²) in [7, 11) is 0. The normalized spacial score (nSPS) is 30.2. The second kappa shape index (κ2) is 8.42. The van der Waals surface area contributed by atoms with Gasteiger partial charge in [0.15, 0.2) is 11.5 Å². The molecule has 1 aromatic rings. The molecule has 0 aromatic heterocycles. The number of allylic oxidation sites excluding steroid dienone is 1. The summed E-state index contributed by atoms with van der Waals surface area (Å²) < 4.78 is 40.0. The van der Waals surface area contributed by atoms with Crippen molar-refractivity contribution in [2.45, 2.75) is 77.7 Å². The minimum Gasteiger partial charge on any atom is -0.487 e. The highest BCUT2D eigenvalue weighted by atomic mass is 19.2. The van der Waals surface area contributed by atoms with Crippen LogP contribution in [0.4, 0.5) is 8.78 Å². The Balaban J connectivity index is 1.36. The average molecular weight is 391 g/mol. The second-order valence-electron chi connectivity index (χ2n) is 9.16. The quantitative estimate of drug-likeness (QED) is 0.539. The summed E-state index contributed by atoms with van der Waals surface area (Å²) in [6.45, 7) is 4.59. The van der Waals surface area contributed by atoms with Crippen LogP contribution in [0.3, 0.4) is 0 Å². The van der Waals surface area contributed by atoms with E-state index in [1.54, 1.807) is 6.07 Å². The SMILES string of the molecule is CC1CCC(C2CC=C(COc3cc4c(c(F)c3F)OC(C)CC4)CC2)CC1. The van der Waals surface area contributed by atoms with E-state index in [1.807, 2.05) is 6.92 Å². The van der Waals surface area contributed by atoms with Gasteiger partial charge in [0.05, 0.1) is 6.10 Å². The number of rotatable bonds is 4. The molecule has 4 heteroatoms. The Morgan fingerprint density at radius 3 is 2.46 bits per heavy atom. The fourth-order valence-corrected chi connectivity index (χ4v) is 5.07. The van der Waals surface area contributed by atoms with Crippen LogP contribution in [0.2, 0.25) is 0 Å².